The Morgan fingerprint density at radius 2 is 1.66 bits per heavy atom. The van der Waals surface area contributed by atoms with E-state index in [1.54, 1.807) is 0 Å². The Bertz CT molecular complexity index is 958. The zero-order valence-corrected chi connectivity index (χ0v) is 16.9. The highest BCUT2D eigenvalue weighted by atomic mass is 16.5. The van der Waals surface area contributed by atoms with Gasteiger partial charge in [-0.05, 0) is 55.2 Å². The average Bonchev–Trinajstić information content (AvgIpc) is 3.25. The van der Waals surface area contributed by atoms with Crippen molar-refractivity contribution < 1.29 is 9.53 Å². The highest BCUT2D eigenvalue weighted by Crippen LogP contribution is 2.42. The topological polar surface area (TPSA) is 38.3 Å². The van der Waals surface area contributed by atoms with Crippen LogP contribution in [-0.2, 0) is 16.8 Å². The van der Waals surface area contributed by atoms with Crippen LogP contribution in [0.4, 0.5) is 5.69 Å². The lowest BCUT2D eigenvalue weighted by atomic mass is 9.77. The maximum atomic E-state index is 13.3. The Kier molecular flexibility index (Phi) is 5.66. The number of carbonyl (C=O) groups excluding carboxylic acids is 1. The van der Waals surface area contributed by atoms with Crippen LogP contribution < -0.4 is 10.1 Å². The molecule has 0 radical (unpaired) electrons. The van der Waals surface area contributed by atoms with Crippen molar-refractivity contribution in [2.75, 3.05) is 5.32 Å². The molecule has 148 valence electrons. The molecule has 0 aromatic heterocycles. The molecule has 0 aliphatic heterocycles. The highest BCUT2D eigenvalue weighted by Gasteiger charge is 2.42. The predicted molar refractivity (Wildman–Crippen MR) is 117 cm³/mol. The van der Waals surface area contributed by atoms with Crippen molar-refractivity contribution in [2.45, 2.75) is 44.6 Å². The number of ether oxygens (including phenoxy) is 1. The first-order valence-electron chi connectivity index (χ1n) is 10.3. The quantitative estimate of drug-likeness (QED) is 0.563. The molecule has 3 aromatic rings. The third-order valence-electron chi connectivity index (χ3n) is 5.82. The average molecular weight is 386 g/mol. The number of aryl methyl sites for hydroxylation is 1. The summed E-state index contributed by atoms with van der Waals surface area (Å²) in [4.78, 5) is 13.3. The summed E-state index contributed by atoms with van der Waals surface area (Å²) >= 11 is 0. The van der Waals surface area contributed by atoms with E-state index in [0.717, 1.165) is 48.2 Å². The maximum Gasteiger partial charge on any atom is 0.235 e. The normalized spacial score (nSPS) is 15.1. The Morgan fingerprint density at radius 1 is 0.931 bits per heavy atom. The van der Waals surface area contributed by atoms with Crippen molar-refractivity contribution in [1.82, 2.24) is 0 Å². The van der Waals surface area contributed by atoms with Gasteiger partial charge >= 0.3 is 0 Å². The van der Waals surface area contributed by atoms with Gasteiger partial charge in [0, 0.05) is 5.69 Å². The standard InChI is InChI=1S/C26H27NO2/c1-20-8-7-11-22(18-20)26(16-5-6-17-26)25(28)27-23-12-14-24(15-13-23)29-19-21-9-3-2-4-10-21/h2-4,7-15,18H,5-6,16-17,19H2,1H3,(H,27,28). The Morgan fingerprint density at radius 3 is 2.34 bits per heavy atom. The van der Waals surface area contributed by atoms with Crippen LogP contribution in [-0.4, -0.2) is 5.91 Å². The predicted octanol–water partition coefficient (Wildman–Crippen LogP) is 6.02. The lowest BCUT2D eigenvalue weighted by molar-refractivity contribution is -0.121. The second-order valence-electron chi connectivity index (χ2n) is 7.91. The fourth-order valence-electron chi connectivity index (χ4n) is 4.19. The molecule has 4 rings (SSSR count). The minimum absolute atomic E-state index is 0.0959. The molecule has 1 fully saturated rings. The van der Waals surface area contributed by atoms with Crippen LogP contribution in [0.1, 0.15) is 42.4 Å². The summed E-state index contributed by atoms with van der Waals surface area (Å²) in [6.07, 6.45) is 3.99. The Hall–Kier alpha value is -3.07. The van der Waals surface area contributed by atoms with Crippen LogP contribution in [0.3, 0.4) is 0 Å². The number of rotatable bonds is 6. The van der Waals surface area contributed by atoms with Crippen LogP contribution >= 0.6 is 0 Å². The molecule has 1 aliphatic rings. The number of hydrogen-bond acceptors (Lipinski definition) is 2. The van der Waals surface area contributed by atoms with Gasteiger partial charge in [0.05, 0.1) is 5.41 Å². The monoisotopic (exact) mass is 385 g/mol. The summed E-state index contributed by atoms with van der Waals surface area (Å²) in [7, 11) is 0. The third-order valence-corrected chi connectivity index (χ3v) is 5.82. The van der Waals surface area contributed by atoms with E-state index in [9.17, 15) is 4.79 Å². The van der Waals surface area contributed by atoms with Crippen molar-refractivity contribution in [2.24, 2.45) is 0 Å². The van der Waals surface area contributed by atoms with E-state index in [1.165, 1.54) is 5.56 Å². The van der Waals surface area contributed by atoms with Crippen molar-refractivity contribution in [3.63, 3.8) is 0 Å². The molecule has 1 saturated carbocycles. The molecular formula is C26H27NO2. The van der Waals surface area contributed by atoms with Gasteiger partial charge in [0.15, 0.2) is 0 Å². The second kappa shape index (κ2) is 8.52. The van der Waals surface area contributed by atoms with Gasteiger partial charge in [-0.25, -0.2) is 0 Å². The molecule has 0 spiro atoms. The largest absolute Gasteiger partial charge is 0.489 e. The SMILES string of the molecule is Cc1cccc(C2(C(=O)Nc3ccc(OCc4ccccc4)cc3)CCCC2)c1. The fourth-order valence-corrected chi connectivity index (χ4v) is 4.19. The first-order valence-corrected chi connectivity index (χ1v) is 10.3. The molecular weight excluding hydrogens is 358 g/mol. The molecule has 0 bridgehead atoms. The smallest absolute Gasteiger partial charge is 0.235 e. The summed E-state index contributed by atoms with van der Waals surface area (Å²) in [6.45, 7) is 2.61. The summed E-state index contributed by atoms with van der Waals surface area (Å²) < 4.78 is 5.84. The second-order valence-corrected chi connectivity index (χ2v) is 7.91. The van der Waals surface area contributed by atoms with Gasteiger partial charge in [-0.1, -0.05) is 73.0 Å². The van der Waals surface area contributed by atoms with Crippen LogP contribution in [0.5, 0.6) is 5.75 Å². The fraction of sp³-hybridized carbons (Fsp3) is 0.269. The molecule has 0 unspecified atom stereocenters. The minimum Gasteiger partial charge on any atom is -0.489 e. The molecule has 29 heavy (non-hydrogen) atoms. The van der Waals surface area contributed by atoms with Crippen LogP contribution in [0.25, 0.3) is 0 Å². The first-order chi connectivity index (χ1) is 14.2. The maximum absolute atomic E-state index is 13.3. The van der Waals surface area contributed by atoms with E-state index in [4.69, 9.17) is 4.74 Å². The molecule has 0 saturated heterocycles. The van der Waals surface area contributed by atoms with Crippen molar-refractivity contribution in [1.29, 1.82) is 0 Å². The minimum atomic E-state index is -0.422. The van der Waals surface area contributed by atoms with Gasteiger partial charge in [-0.2, -0.15) is 0 Å². The molecule has 0 atom stereocenters. The molecule has 3 aromatic carbocycles. The number of amides is 1. The number of nitrogens with one attached hydrogen (secondary N) is 1. The lowest BCUT2D eigenvalue weighted by Crippen LogP contribution is -2.38. The van der Waals surface area contributed by atoms with Gasteiger partial charge in [0.25, 0.3) is 0 Å². The Balaban J connectivity index is 1.44. The molecule has 0 heterocycles. The van der Waals surface area contributed by atoms with Crippen molar-refractivity contribution in [3.05, 3.63) is 95.6 Å². The molecule has 3 nitrogen and oxygen atoms in total. The van der Waals surface area contributed by atoms with E-state index >= 15 is 0 Å². The molecule has 1 amide bonds. The Labute approximate surface area is 172 Å². The van der Waals surface area contributed by atoms with E-state index in [-0.39, 0.29) is 5.91 Å². The van der Waals surface area contributed by atoms with E-state index in [1.807, 2.05) is 54.6 Å². The number of carbonyl (C=O) groups is 1. The molecule has 3 heteroatoms. The summed E-state index contributed by atoms with van der Waals surface area (Å²) in [5.74, 6) is 0.889. The van der Waals surface area contributed by atoms with E-state index in [2.05, 4.69) is 36.5 Å². The van der Waals surface area contributed by atoms with E-state index in [0.29, 0.717) is 6.61 Å². The molecule has 1 aliphatic carbocycles. The van der Waals surface area contributed by atoms with Gasteiger partial charge in [-0.3, -0.25) is 4.79 Å². The number of hydrogen-bond donors (Lipinski definition) is 1. The zero-order chi connectivity index (χ0) is 20.1. The number of anilines is 1. The lowest BCUT2D eigenvalue weighted by Gasteiger charge is -2.28. The number of benzene rings is 3. The van der Waals surface area contributed by atoms with Crippen molar-refractivity contribution >= 4 is 11.6 Å². The highest BCUT2D eigenvalue weighted by molar-refractivity contribution is 5.99. The van der Waals surface area contributed by atoms with Gasteiger partial charge in [-0.15, -0.1) is 0 Å². The summed E-state index contributed by atoms with van der Waals surface area (Å²) in [5, 5.41) is 3.15. The van der Waals surface area contributed by atoms with Crippen molar-refractivity contribution in [3.8, 4) is 5.75 Å². The van der Waals surface area contributed by atoms with Gasteiger partial charge < -0.3 is 10.1 Å². The zero-order valence-electron chi connectivity index (χ0n) is 16.9. The molecule has 1 N–H and O–H groups in total. The first kappa shape index (κ1) is 19.3. The van der Waals surface area contributed by atoms with Crippen LogP contribution in [0, 0.1) is 6.92 Å². The summed E-state index contributed by atoms with van der Waals surface area (Å²) in [6, 6.07) is 26.1. The third kappa shape index (κ3) is 4.34. The van der Waals surface area contributed by atoms with Crippen LogP contribution in [0.15, 0.2) is 78.9 Å². The van der Waals surface area contributed by atoms with Gasteiger partial charge in [0.1, 0.15) is 12.4 Å². The van der Waals surface area contributed by atoms with Gasteiger partial charge in [0.2, 0.25) is 5.91 Å². The summed E-state index contributed by atoms with van der Waals surface area (Å²) in [5.41, 5.74) is 3.85. The van der Waals surface area contributed by atoms with Crippen LogP contribution in [0.2, 0.25) is 0 Å². The van der Waals surface area contributed by atoms with E-state index < -0.39 is 5.41 Å².